The van der Waals surface area contributed by atoms with Crippen LogP contribution in [0, 0.1) is 0 Å². The van der Waals surface area contributed by atoms with Crippen molar-refractivity contribution in [3.8, 4) is 5.75 Å². The molecule has 2 aromatic rings. The quantitative estimate of drug-likeness (QED) is 0.849. The third kappa shape index (κ3) is 4.24. The molecule has 0 amide bonds. The van der Waals surface area contributed by atoms with E-state index in [1.54, 1.807) is 48.8 Å². The molecule has 19 heavy (non-hydrogen) atoms. The van der Waals surface area contributed by atoms with Gasteiger partial charge in [0.05, 0.1) is 0 Å². The monoisotopic (exact) mass is 251 g/mol. The molecule has 0 saturated heterocycles. The Hall–Kier alpha value is -2.68. The van der Waals surface area contributed by atoms with Crippen LogP contribution in [0.1, 0.15) is 11.1 Å². The molecule has 1 aromatic heterocycles. The molecule has 0 spiro atoms. The molecule has 0 bridgehead atoms. The number of rotatable bonds is 4. The van der Waals surface area contributed by atoms with E-state index in [9.17, 15) is 4.79 Å². The summed E-state index contributed by atoms with van der Waals surface area (Å²) >= 11 is 0. The Labute approximate surface area is 111 Å². The van der Waals surface area contributed by atoms with E-state index in [2.05, 4.69) is 4.98 Å². The van der Waals surface area contributed by atoms with Crippen LogP contribution in [-0.4, -0.2) is 15.9 Å². The normalized spacial score (nSPS) is 11.2. The Bertz CT molecular complexity index is 598. The molecule has 0 fully saturated rings. The van der Waals surface area contributed by atoms with Crippen molar-refractivity contribution in [2.75, 3.05) is 0 Å². The van der Waals surface area contributed by atoms with Gasteiger partial charge in [-0.15, -0.1) is 0 Å². The first-order valence-corrected chi connectivity index (χ1v) is 5.83. The number of aromatic hydroxyl groups is 1. The highest BCUT2D eigenvalue weighted by Crippen LogP contribution is 2.10. The van der Waals surface area contributed by atoms with Crippen molar-refractivity contribution < 1.29 is 9.90 Å². The number of phenols is 1. The first kappa shape index (κ1) is 12.8. The summed E-state index contributed by atoms with van der Waals surface area (Å²) in [5.74, 6) is 0.108. The summed E-state index contributed by atoms with van der Waals surface area (Å²) in [7, 11) is 0. The summed E-state index contributed by atoms with van der Waals surface area (Å²) < 4.78 is 0. The van der Waals surface area contributed by atoms with E-state index in [0.717, 1.165) is 11.1 Å². The van der Waals surface area contributed by atoms with Crippen molar-refractivity contribution in [1.29, 1.82) is 0 Å². The van der Waals surface area contributed by atoms with Crippen molar-refractivity contribution in [2.45, 2.75) is 0 Å². The van der Waals surface area contributed by atoms with Crippen LogP contribution in [0.4, 0.5) is 0 Å². The highest BCUT2D eigenvalue weighted by Gasteiger charge is 1.92. The van der Waals surface area contributed by atoms with Crippen LogP contribution in [-0.2, 0) is 4.79 Å². The third-order valence-corrected chi connectivity index (χ3v) is 2.46. The molecule has 0 aliphatic heterocycles. The largest absolute Gasteiger partial charge is 0.508 e. The first-order chi connectivity index (χ1) is 9.24. The second-order valence-corrected chi connectivity index (χ2v) is 3.95. The highest BCUT2D eigenvalue weighted by atomic mass is 16.3. The zero-order valence-electron chi connectivity index (χ0n) is 10.2. The number of hydrogen-bond donors (Lipinski definition) is 1. The molecule has 0 atom stereocenters. The van der Waals surface area contributed by atoms with Crippen LogP contribution in [0.15, 0.2) is 60.9 Å². The Morgan fingerprint density at radius 3 is 2.32 bits per heavy atom. The van der Waals surface area contributed by atoms with Crippen LogP contribution < -0.4 is 0 Å². The maximum Gasteiger partial charge on any atom is 0.178 e. The Kier molecular flexibility index (Phi) is 4.24. The molecule has 3 heteroatoms. The number of nitrogens with zero attached hydrogens (tertiary/aromatic N) is 1. The van der Waals surface area contributed by atoms with Gasteiger partial charge in [-0.2, -0.15) is 0 Å². The molecule has 0 aliphatic carbocycles. The fourth-order valence-corrected chi connectivity index (χ4v) is 1.47. The number of aromatic nitrogens is 1. The number of pyridine rings is 1. The minimum Gasteiger partial charge on any atom is -0.508 e. The number of ketones is 1. The first-order valence-electron chi connectivity index (χ1n) is 5.83. The molecule has 0 radical (unpaired) electrons. The predicted octanol–water partition coefficient (Wildman–Crippen LogP) is 3.08. The van der Waals surface area contributed by atoms with E-state index in [1.165, 1.54) is 12.2 Å². The fourth-order valence-electron chi connectivity index (χ4n) is 1.47. The lowest BCUT2D eigenvalue weighted by Crippen LogP contribution is -1.85. The van der Waals surface area contributed by atoms with E-state index in [-0.39, 0.29) is 11.5 Å². The lowest BCUT2D eigenvalue weighted by molar-refractivity contribution is -0.110. The van der Waals surface area contributed by atoms with E-state index in [4.69, 9.17) is 5.11 Å². The van der Waals surface area contributed by atoms with Crippen LogP contribution in [0.5, 0.6) is 5.75 Å². The minimum absolute atomic E-state index is 0.100. The topological polar surface area (TPSA) is 50.2 Å². The average molecular weight is 251 g/mol. The Morgan fingerprint density at radius 1 is 1.00 bits per heavy atom. The Balaban J connectivity index is 1.98. The number of benzene rings is 1. The summed E-state index contributed by atoms with van der Waals surface area (Å²) in [4.78, 5) is 15.6. The highest BCUT2D eigenvalue weighted by molar-refractivity contribution is 6.04. The molecule has 1 aromatic carbocycles. The minimum atomic E-state index is -0.100. The molecule has 0 aliphatic rings. The number of carbonyl (C=O) groups excluding carboxylic acids is 1. The SMILES string of the molecule is O=C(C=Cc1ccc(O)cc1)C=Cc1cccnc1. The maximum absolute atomic E-state index is 11.6. The van der Waals surface area contributed by atoms with Gasteiger partial charge in [0.1, 0.15) is 5.75 Å². The van der Waals surface area contributed by atoms with Gasteiger partial charge in [-0.25, -0.2) is 0 Å². The van der Waals surface area contributed by atoms with Gasteiger partial charge < -0.3 is 5.11 Å². The van der Waals surface area contributed by atoms with Crippen molar-refractivity contribution in [3.05, 3.63) is 72.1 Å². The van der Waals surface area contributed by atoms with Gasteiger partial charge >= 0.3 is 0 Å². The van der Waals surface area contributed by atoms with Crippen molar-refractivity contribution in [2.24, 2.45) is 0 Å². The number of allylic oxidation sites excluding steroid dienone is 2. The third-order valence-electron chi connectivity index (χ3n) is 2.46. The van der Waals surface area contributed by atoms with Crippen LogP contribution in [0.2, 0.25) is 0 Å². The van der Waals surface area contributed by atoms with E-state index in [0.29, 0.717) is 0 Å². The van der Waals surface area contributed by atoms with Gasteiger partial charge in [0.2, 0.25) is 0 Å². The van der Waals surface area contributed by atoms with Crippen LogP contribution in [0.25, 0.3) is 12.2 Å². The molecule has 94 valence electrons. The van der Waals surface area contributed by atoms with E-state index in [1.807, 2.05) is 12.1 Å². The zero-order chi connectivity index (χ0) is 13.5. The summed E-state index contributed by atoms with van der Waals surface area (Å²) in [5, 5.41) is 9.14. The molecular weight excluding hydrogens is 238 g/mol. The molecule has 3 nitrogen and oxygen atoms in total. The predicted molar refractivity (Wildman–Crippen MR) is 75.4 cm³/mol. The van der Waals surface area contributed by atoms with Crippen molar-refractivity contribution >= 4 is 17.9 Å². The number of phenolic OH excluding ortho intramolecular Hbond substituents is 1. The molecule has 1 heterocycles. The molecule has 0 saturated carbocycles. The van der Waals surface area contributed by atoms with Gasteiger partial charge in [0.25, 0.3) is 0 Å². The van der Waals surface area contributed by atoms with Crippen LogP contribution >= 0.6 is 0 Å². The number of carbonyl (C=O) groups is 1. The summed E-state index contributed by atoms with van der Waals surface area (Å²) in [5.41, 5.74) is 1.75. The zero-order valence-corrected chi connectivity index (χ0v) is 10.2. The average Bonchev–Trinajstić information content (AvgIpc) is 2.45. The molecule has 1 N–H and O–H groups in total. The maximum atomic E-state index is 11.6. The van der Waals surface area contributed by atoms with Crippen LogP contribution in [0.3, 0.4) is 0 Å². The lowest BCUT2D eigenvalue weighted by Gasteiger charge is -1.93. The summed E-state index contributed by atoms with van der Waals surface area (Å²) in [6.45, 7) is 0. The molecule has 2 rings (SSSR count). The summed E-state index contributed by atoms with van der Waals surface area (Å²) in [6.07, 6.45) is 9.77. The van der Waals surface area contributed by atoms with Gasteiger partial charge in [0.15, 0.2) is 5.78 Å². The Morgan fingerprint density at radius 2 is 1.68 bits per heavy atom. The van der Waals surface area contributed by atoms with E-state index >= 15 is 0 Å². The van der Waals surface area contributed by atoms with Gasteiger partial charge in [0, 0.05) is 12.4 Å². The lowest BCUT2D eigenvalue weighted by atomic mass is 10.1. The fraction of sp³-hybridized carbons (Fsp3) is 0. The van der Waals surface area contributed by atoms with E-state index < -0.39 is 0 Å². The second-order valence-electron chi connectivity index (χ2n) is 3.95. The summed E-state index contributed by atoms with van der Waals surface area (Å²) in [6, 6.07) is 10.3. The standard InChI is InChI=1S/C16H13NO2/c18-15-7-3-13(4-8-15)5-9-16(19)10-6-14-2-1-11-17-12-14/h1-12,18H. The van der Waals surface area contributed by atoms with Gasteiger partial charge in [-0.05, 0) is 47.6 Å². The second kappa shape index (κ2) is 6.31. The van der Waals surface area contributed by atoms with Crippen molar-refractivity contribution in [1.82, 2.24) is 4.98 Å². The van der Waals surface area contributed by atoms with Crippen molar-refractivity contribution in [3.63, 3.8) is 0 Å². The van der Waals surface area contributed by atoms with Gasteiger partial charge in [-0.1, -0.05) is 24.3 Å². The smallest absolute Gasteiger partial charge is 0.178 e. The van der Waals surface area contributed by atoms with Gasteiger partial charge in [-0.3, -0.25) is 9.78 Å². The molecular formula is C16H13NO2. The molecule has 0 unspecified atom stereocenters. The number of hydrogen-bond acceptors (Lipinski definition) is 3.